The summed E-state index contributed by atoms with van der Waals surface area (Å²) in [7, 11) is 1.60. The van der Waals surface area contributed by atoms with Gasteiger partial charge in [0.2, 0.25) is 5.91 Å². The summed E-state index contributed by atoms with van der Waals surface area (Å²) in [5.74, 6) is 0.729. The molecule has 0 aliphatic heterocycles. The molecule has 2 heterocycles. The molecule has 3 aromatic rings. The lowest BCUT2D eigenvalue weighted by atomic mass is 10.2. The average molecular weight is 442 g/mol. The largest absolute Gasteiger partial charge is 0.497 e. The molecule has 0 unspecified atom stereocenters. The van der Waals surface area contributed by atoms with E-state index in [-0.39, 0.29) is 17.2 Å². The maximum atomic E-state index is 13.3. The quantitative estimate of drug-likeness (QED) is 0.337. The van der Waals surface area contributed by atoms with Crippen LogP contribution in [0.1, 0.15) is 23.8 Å². The Hall–Kier alpha value is -2.58. The molecule has 1 N–H and O–H groups in total. The number of ether oxygens (including phenoxy) is 1. The maximum absolute atomic E-state index is 13.3. The number of hydrogen-bond donors (Lipinski definition) is 1. The molecule has 0 saturated carbocycles. The van der Waals surface area contributed by atoms with Gasteiger partial charge in [0, 0.05) is 17.1 Å². The van der Waals surface area contributed by atoms with Crippen LogP contribution in [0.25, 0.3) is 10.2 Å². The van der Waals surface area contributed by atoms with Crippen molar-refractivity contribution in [3.8, 4) is 5.75 Å². The Labute approximate surface area is 183 Å². The fourth-order valence-electron chi connectivity index (χ4n) is 3.58. The van der Waals surface area contributed by atoms with Gasteiger partial charge in [-0.05, 0) is 56.0 Å². The number of carbonyl (C=O) groups is 1. The molecule has 0 fully saturated rings. The van der Waals surface area contributed by atoms with E-state index in [1.807, 2.05) is 6.92 Å². The minimum atomic E-state index is -0.157. The van der Waals surface area contributed by atoms with Gasteiger partial charge < -0.3 is 10.1 Å². The number of anilines is 1. The average Bonchev–Trinajstić information content (AvgIpc) is 3.30. The zero-order valence-electron chi connectivity index (χ0n) is 17.0. The molecule has 6 nitrogen and oxygen atoms in total. The zero-order chi connectivity index (χ0) is 21.3. The van der Waals surface area contributed by atoms with Crippen molar-refractivity contribution in [3.63, 3.8) is 0 Å². The van der Waals surface area contributed by atoms with Gasteiger partial charge in [-0.3, -0.25) is 14.2 Å². The Morgan fingerprint density at radius 1 is 1.33 bits per heavy atom. The van der Waals surface area contributed by atoms with Crippen LogP contribution in [-0.2, 0) is 24.2 Å². The molecule has 0 spiro atoms. The number of benzene rings is 1. The number of allylic oxidation sites excluding steroid dienone is 1. The van der Waals surface area contributed by atoms with E-state index < -0.39 is 0 Å². The standard InChI is InChI=1S/C22H23N3O3S2/c1-13(2)11-25-21(27)19-16-5-4-6-17(16)30-20(19)24-22(25)29-12-18(26)23-14-7-9-15(28-3)10-8-14/h7-10H,1,4-6,11-12H2,2-3H3,(H,23,26). The highest BCUT2D eigenvalue weighted by atomic mass is 32.2. The van der Waals surface area contributed by atoms with E-state index in [0.717, 1.165) is 46.4 Å². The van der Waals surface area contributed by atoms with Gasteiger partial charge >= 0.3 is 0 Å². The van der Waals surface area contributed by atoms with Crippen LogP contribution in [0.2, 0.25) is 0 Å². The van der Waals surface area contributed by atoms with Crippen molar-refractivity contribution in [1.82, 2.24) is 9.55 Å². The predicted molar refractivity (Wildman–Crippen MR) is 123 cm³/mol. The second-order valence-electron chi connectivity index (χ2n) is 7.35. The number of fused-ring (bicyclic) bond motifs is 3. The normalized spacial score (nSPS) is 12.7. The summed E-state index contributed by atoms with van der Waals surface area (Å²) in [6, 6.07) is 7.16. The van der Waals surface area contributed by atoms with E-state index in [4.69, 9.17) is 9.72 Å². The maximum Gasteiger partial charge on any atom is 0.263 e. The molecule has 0 radical (unpaired) electrons. The first-order chi connectivity index (χ1) is 14.5. The molecule has 0 atom stereocenters. The Morgan fingerprint density at radius 3 is 2.80 bits per heavy atom. The fourth-order valence-corrected chi connectivity index (χ4v) is 5.68. The number of thioether (sulfide) groups is 1. The van der Waals surface area contributed by atoms with Gasteiger partial charge in [0.15, 0.2) is 5.16 Å². The molecule has 1 aliphatic rings. The van der Waals surface area contributed by atoms with Gasteiger partial charge in [-0.2, -0.15) is 0 Å². The number of methoxy groups -OCH3 is 1. The third-order valence-electron chi connectivity index (χ3n) is 4.92. The number of aryl methyl sites for hydroxylation is 2. The van der Waals surface area contributed by atoms with Crippen LogP contribution in [0.4, 0.5) is 5.69 Å². The lowest BCUT2D eigenvalue weighted by molar-refractivity contribution is -0.113. The van der Waals surface area contributed by atoms with Crippen LogP contribution in [0.15, 0.2) is 46.4 Å². The lowest BCUT2D eigenvalue weighted by Crippen LogP contribution is -2.24. The number of aromatic nitrogens is 2. The van der Waals surface area contributed by atoms with Crippen LogP contribution in [0.3, 0.4) is 0 Å². The fraction of sp³-hybridized carbons (Fsp3) is 0.318. The van der Waals surface area contributed by atoms with Gasteiger partial charge in [-0.1, -0.05) is 23.9 Å². The second-order valence-corrected chi connectivity index (χ2v) is 9.37. The number of carbonyl (C=O) groups excluding carboxylic acids is 1. The number of nitrogens with one attached hydrogen (secondary N) is 1. The van der Waals surface area contributed by atoms with Crippen LogP contribution < -0.4 is 15.6 Å². The van der Waals surface area contributed by atoms with Crippen LogP contribution in [0.5, 0.6) is 5.75 Å². The van der Waals surface area contributed by atoms with Crippen molar-refractivity contribution in [1.29, 1.82) is 0 Å². The third-order valence-corrected chi connectivity index (χ3v) is 7.09. The van der Waals surface area contributed by atoms with E-state index in [2.05, 4.69) is 11.9 Å². The molecular formula is C22H23N3O3S2. The predicted octanol–water partition coefficient (Wildman–Crippen LogP) is 4.26. The summed E-state index contributed by atoms with van der Waals surface area (Å²) in [4.78, 5) is 32.5. The summed E-state index contributed by atoms with van der Waals surface area (Å²) in [5.41, 5.74) is 2.70. The summed E-state index contributed by atoms with van der Waals surface area (Å²) in [6.45, 7) is 6.24. The summed E-state index contributed by atoms with van der Waals surface area (Å²) < 4.78 is 6.78. The summed E-state index contributed by atoms with van der Waals surface area (Å²) >= 11 is 2.88. The molecular weight excluding hydrogens is 418 g/mol. The number of rotatable bonds is 7. The summed E-state index contributed by atoms with van der Waals surface area (Å²) in [5, 5.41) is 4.17. The first-order valence-electron chi connectivity index (χ1n) is 9.72. The molecule has 156 valence electrons. The molecule has 30 heavy (non-hydrogen) atoms. The molecule has 0 saturated heterocycles. The molecule has 1 amide bonds. The third kappa shape index (κ3) is 4.15. The molecule has 1 aromatic carbocycles. The topological polar surface area (TPSA) is 73.2 Å². The lowest BCUT2D eigenvalue weighted by Gasteiger charge is -2.12. The van der Waals surface area contributed by atoms with Gasteiger partial charge in [0.1, 0.15) is 10.6 Å². The van der Waals surface area contributed by atoms with Crippen molar-refractivity contribution in [2.24, 2.45) is 0 Å². The highest BCUT2D eigenvalue weighted by Crippen LogP contribution is 2.35. The van der Waals surface area contributed by atoms with E-state index in [1.54, 1.807) is 47.3 Å². The van der Waals surface area contributed by atoms with Crippen molar-refractivity contribution in [2.75, 3.05) is 18.2 Å². The molecule has 0 bridgehead atoms. The van der Waals surface area contributed by atoms with Crippen molar-refractivity contribution < 1.29 is 9.53 Å². The Kier molecular flexibility index (Phi) is 5.97. The molecule has 8 heteroatoms. The van der Waals surface area contributed by atoms with Crippen LogP contribution >= 0.6 is 23.1 Å². The number of thiophene rings is 1. The van der Waals surface area contributed by atoms with E-state index >= 15 is 0 Å². The highest BCUT2D eigenvalue weighted by molar-refractivity contribution is 7.99. The van der Waals surface area contributed by atoms with Gasteiger partial charge in [-0.15, -0.1) is 11.3 Å². The number of nitrogens with zero attached hydrogens (tertiary/aromatic N) is 2. The number of hydrogen-bond acceptors (Lipinski definition) is 6. The first kappa shape index (κ1) is 20.7. The second kappa shape index (κ2) is 8.65. The Morgan fingerprint density at radius 2 is 2.10 bits per heavy atom. The Balaban J connectivity index is 1.57. The minimum Gasteiger partial charge on any atom is -0.497 e. The van der Waals surface area contributed by atoms with Gasteiger partial charge in [0.05, 0.1) is 18.2 Å². The smallest absolute Gasteiger partial charge is 0.263 e. The SMILES string of the molecule is C=C(C)Cn1c(SCC(=O)Nc2ccc(OC)cc2)nc2sc3c(c2c1=O)CCC3. The van der Waals surface area contributed by atoms with Gasteiger partial charge in [-0.25, -0.2) is 4.98 Å². The van der Waals surface area contributed by atoms with E-state index in [0.29, 0.717) is 17.4 Å². The Bertz CT molecular complexity index is 1180. The van der Waals surface area contributed by atoms with Crippen LogP contribution in [-0.4, -0.2) is 28.3 Å². The number of amides is 1. The van der Waals surface area contributed by atoms with Gasteiger partial charge in [0.25, 0.3) is 5.56 Å². The highest BCUT2D eigenvalue weighted by Gasteiger charge is 2.23. The summed E-state index contributed by atoms with van der Waals surface area (Å²) in [6.07, 6.45) is 3.05. The molecule has 2 aromatic heterocycles. The van der Waals surface area contributed by atoms with Crippen molar-refractivity contribution in [3.05, 3.63) is 57.2 Å². The minimum absolute atomic E-state index is 0.0273. The van der Waals surface area contributed by atoms with Crippen LogP contribution in [0, 0.1) is 0 Å². The van der Waals surface area contributed by atoms with Crippen molar-refractivity contribution >= 4 is 44.9 Å². The van der Waals surface area contributed by atoms with E-state index in [1.165, 1.54) is 16.6 Å². The molecule has 4 rings (SSSR count). The monoisotopic (exact) mass is 441 g/mol. The first-order valence-corrected chi connectivity index (χ1v) is 11.5. The zero-order valence-corrected chi connectivity index (χ0v) is 18.6. The van der Waals surface area contributed by atoms with E-state index in [9.17, 15) is 9.59 Å². The molecule has 1 aliphatic carbocycles. The van der Waals surface area contributed by atoms with Crippen molar-refractivity contribution in [2.45, 2.75) is 37.9 Å².